The van der Waals surface area contributed by atoms with Gasteiger partial charge in [-0.3, -0.25) is 9.89 Å². The maximum Gasteiger partial charge on any atom is 0.258 e. The second-order valence-corrected chi connectivity index (χ2v) is 8.11. The second kappa shape index (κ2) is 8.11. The molecule has 1 aromatic heterocycles. The van der Waals surface area contributed by atoms with E-state index in [2.05, 4.69) is 31.4 Å². The number of carbonyl (C=O) groups is 1. The molecule has 0 bridgehead atoms. The molecule has 1 aromatic carbocycles. The van der Waals surface area contributed by atoms with Gasteiger partial charge in [0.2, 0.25) is 10.0 Å². The number of carbonyl (C=O) groups excluding carboxylic acids is 1. The van der Waals surface area contributed by atoms with Crippen molar-refractivity contribution in [1.29, 1.82) is 0 Å². The fourth-order valence-corrected chi connectivity index (χ4v) is 4.25. The summed E-state index contributed by atoms with van der Waals surface area (Å²) in [7, 11) is -3.64. The summed E-state index contributed by atoms with van der Waals surface area (Å²) in [6, 6.07) is 6.16. The van der Waals surface area contributed by atoms with Crippen molar-refractivity contribution in [2.75, 3.05) is 18.4 Å². The minimum absolute atomic E-state index is 0.0841. The van der Waals surface area contributed by atoms with Crippen molar-refractivity contribution in [1.82, 2.24) is 14.5 Å². The lowest BCUT2D eigenvalue weighted by molar-refractivity contribution is 0.102. The van der Waals surface area contributed by atoms with Crippen LogP contribution in [-0.4, -0.2) is 41.9 Å². The van der Waals surface area contributed by atoms with Crippen molar-refractivity contribution in [3.05, 3.63) is 40.0 Å². The molecule has 0 spiro atoms. The van der Waals surface area contributed by atoms with Crippen molar-refractivity contribution in [3.8, 4) is 0 Å². The van der Waals surface area contributed by atoms with E-state index in [1.807, 2.05) is 6.92 Å². The number of hydrogen-bond acceptors (Lipinski definition) is 4. The third kappa shape index (κ3) is 4.28. The Bertz CT molecular complexity index is 860. The van der Waals surface area contributed by atoms with Gasteiger partial charge >= 0.3 is 0 Å². The summed E-state index contributed by atoms with van der Waals surface area (Å²) < 4.78 is 27.1. The molecular weight excluding hydrogens is 408 g/mol. The number of halogens is 1. The highest BCUT2D eigenvalue weighted by Crippen LogP contribution is 2.24. The SMILES string of the molecule is CCc1cc(NC(=O)c2cc(S(=O)(=O)N(CC)CC)ccc2Br)n[nH]1. The molecule has 7 nitrogen and oxygen atoms in total. The molecule has 0 atom stereocenters. The van der Waals surface area contributed by atoms with Gasteiger partial charge in [0.15, 0.2) is 5.82 Å². The molecule has 0 saturated heterocycles. The average Bonchev–Trinajstić information content (AvgIpc) is 3.03. The number of anilines is 1. The molecule has 0 radical (unpaired) electrons. The van der Waals surface area contributed by atoms with Crippen LogP contribution in [0.15, 0.2) is 33.6 Å². The van der Waals surface area contributed by atoms with Crippen LogP contribution >= 0.6 is 15.9 Å². The molecule has 136 valence electrons. The number of aromatic nitrogens is 2. The quantitative estimate of drug-likeness (QED) is 0.708. The number of rotatable bonds is 7. The number of aryl methyl sites for hydroxylation is 1. The summed E-state index contributed by atoms with van der Waals surface area (Å²) in [5, 5.41) is 9.49. The van der Waals surface area contributed by atoms with Crippen LogP contribution in [0, 0.1) is 0 Å². The maximum atomic E-state index is 12.6. The van der Waals surface area contributed by atoms with E-state index in [0.717, 1.165) is 12.1 Å². The maximum absolute atomic E-state index is 12.6. The Balaban J connectivity index is 2.33. The van der Waals surface area contributed by atoms with Gasteiger partial charge in [-0.05, 0) is 40.5 Å². The largest absolute Gasteiger partial charge is 0.305 e. The fraction of sp³-hybridized carbons (Fsp3) is 0.375. The van der Waals surface area contributed by atoms with E-state index in [1.165, 1.54) is 16.4 Å². The zero-order valence-electron chi connectivity index (χ0n) is 14.3. The van der Waals surface area contributed by atoms with Crippen LogP contribution in [0.2, 0.25) is 0 Å². The standard InChI is InChI=1S/C16H21BrN4O3S/c1-4-11-9-15(20-19-11)18-16(22)13-10-12(7-8-14(13)17)25(23,24)21(5-2)6-3/h7-10H,4-6H2,1-3H3,(H2,18,19,20,22). The van der Waals surface area contributed by atoms with E-state index < -0.39 is 15.9 Å². The summed E-state index contributed by atoms with van der Waals surface area (Å²) in [5.41, 5.74) is 1.13. The first-order valence-electron chi connectivity index (χ1n) is 7.98. The van der Waals surface area contributed by atoms with E-state index in [1.54, 1.807) is 26.0 Å². The van der Waals surface area contributed by atoms with Gasteiger partial charge in [-0.1, -0.05) is 20.8 Å². The van der Waals surface area contributed by atoms with Crippen molar-refractivity contribution in [2.45, 2.75) is 32.1 Å². The number of nitrogens with zero attached hydrogens (tertiary/aromatic N) is 2. The van der Waals surface area contributed by atoms with Gasteiger partial charge in [-0.15, -0.1) is 0 Å². The molecule has 0 unspecified atom stereocenters. The molecule has 9 heteroatoms. The fourth-order valence-electron chi connectivity index (χ4n) is 2.34. The molecule has 0 fully saturated rings. The number of aromatic amines is 1. The van der Waals surface area contributed by atoms with E-state index >= 15 is 0 Å². The summed E-state index contributed by atoms with van der Waals surface area (Å²) >= 11 is 3.30. The Labute approximate surface area is 156 Å². The van der Waals surface area contributed by atoms with Crippen LogP contribution in [-0.2, 0) is 16.4 Å². The summed E-state index contributed by atoms with van der Waals surface area (Å²) in [4.78, 5) is 12.6. The first-order valence-corrected chi connectivity index (χ1v) is 10.2. The van der Waals surface area contributed by atoms with Gasteiger partial charge in [0, 0.05) is 29.3 Å². The van der Waals surface area contributed by atoms with Gasteiger partial charge in [0.1, 0.15) is 0 Å². The molecular formula is C16H21BrN4O3S. The predicted octanol–water partition coefficient (Wildman–Crippen LogP) is 3.02. The first-order chi connectivity index (χ1) is 11.8. The Morgan fingerprint density at radius 2 is 1.92 bits per heavy atom. The summed E-state index contributed by atoms with van der Waals surface area (Å²) in [6.45, 7) is 6.25. The second-order valence-electron chi connectivity index (χ2n) is 5.32. The van der Waals surface area contributed by atoms with Gasteiger partial charge in [-0.2, -0.15) is 9.40 Å². The zero-order chi connectivity index (χ0) is 18.6. The summed E-state index contributed by atoms with van der Waals surface area (Å²) in [6.07, 6.45) is 0.768. The first kappa shape index (κ1) is 19.6. The normalized spacial score (nSPS) is 11.7. The molecule has 2 N–H and O–H groups in total. The molecule has 1 heterocycles. The van der Waals surface area contributed by atoms with Crippen LogP contribution in [0.5, 0.6) is 0 Å². The van der Waals surface area contributed by atoms with Gasteiger partial charge in [0.25, 0.3) is 5.91 Å². The lowest BCUT2D eigenvalue weighted by Crippen LogP contribution is -2.30. The number of amides is 1. The van der Waals surface area contributed by atoms with Crippen molar-refractivity contribution in [3.63, 3.8) is 0 Å². The Kier molecular flexibility index (Phi) is 6.36. The molecule has 1 amide bonds. The Morgan fingerprint density at radius 1 is 1.24 bits per heavy atom. The molecule has 2 aromatic rings. The molecule has 25 heavy (non-hydrogen) atoms. The number of benzene rings is 1. The lowest BCUT2D eigenvalue weighted by atomic mass is 10.2. The van der Waals surface area contributed by atoms with E-state index in [0.29, 0.717) is 23.4 Å². The van der Waals surface area contributed by atoms with Crippen molar-refractivity contribution < 1.29 is 13.2 Å². The molecule has 0 aliphatic carbocycles. The molecule has 0 aliphatic rings. The highest BCUT2D eigenvalue weighted by Gasteiger charge is 2.24. The highest BCUT2D eigenvalue weighted by molar-refractivity contribution is 9.10. The average molecular weight is 429 g/mol. The van der Waals surface area contributed by atoms with Crippen molar-refractivity contribution >= 4 is 37.7 Å². The van der Waals surface area contributed by atoms with Gasteiger partial charge in [-0.25, -0.2) is 8.42 Å². The highest BCUT2D eigenvalue weighted by atomic mass is 79.9. The minimum atomic E-state index is -3.64. The smallest absolute Gasteiger partial charge is 0.258 e. The van der Waals surface area contributed by atoms with Crippen LogP contribution in [0.1, 0.15) is 36.8 Å². The predicted molar refractivity (Wildman–Crippen MR) is 100 cm³/mol. The Hall–Kier alpha value is -1.71. The molecule has 0 aliphatic heterocycles. The number of hydrogen-bond donors (Lipinski definition) is 2. The van der Waals surface area contributed by atoms with Gasteiger partial charge in [0.05, 0.1) is 10.5 Å². The number of sulfonamides is 1. The van der Waals surface area contributed by atoms with Crippen LogP contribution in [0.4, 0.5) is 5.82 Å². The third-order valence-electron chi connectivity index (χ3n) is 3.78. The van der Waals surface area contributed by atoms with Crippen molar-refractivity contribution in [2.24, 2.45) is 0 Å². The third-order valence-corrected chi connectivity index (χ3v) is 6.52. The number of nitrogens with one attached hydrogen (secondary N) is 2. The van der Waals surface area contributed by atoms with Gasteiger partial charge < -0.3 is 5.32 Å². The lowest BCUT2D eigenvalue weighted by Gasteiger charge is -2.19. The molecule has 0 saturated carbocycles. The topological polar surface area (TPSA) is 95.2 Å². The van der Waals surface area contributed by atoms with Crippen LogP contribution < -0.4 is 5.32 Å². The molecule has 2 rings (SSSR count). The van der Waals surface area contributed by atoms with E-state index in [-0.39, 0.29) is 10.5 Å². The summed E-state index contributed by atoms with van der Waals surface area (Å²) in [5.74, 6) is -0.0385. The van der Waals surface area contributed by atoms with E-state index in [4.69, 9.17) is 0 Å². The Morgan fingerprint density at radius 3 is 2.48 bits per heavy atom. The monoisotopic (exact) mass is 428 g/mol. The zero-order valence-corrected chi connectivity index (χ0v) is 16.7. The number of H-pyrrole nitrogens is 1. The van der Waals surface area contributed by atoms with Crippen LogP contribution in [0.3, 0.4) is 0 Å². The minimum Gasteiger partial charge on any atom is -0.305 e. The van der Waals surface area contributed by atoms with Crippen LogP contribution in [0.25, 0.3) is 0 Å². The van der Waals surface area contributed by atoms with E-state index in [9.17, 15) is 13.2 Å².